The molecule has 8 heteroatoms. The van der Waals surface area contributed by atoms with E-state index in [1.54, 1.807) is 12.1 Å². The van der Waals surface area contributed by atoms with Gasteiger partial charge in [0.1, 0.15) is 10.6 Å². The minimum Gasteiger partial charge on any atom is -0.456 e. The third-order valence-electron chi connectivity index (χ3n) is 4.26. The van der Waals surface area contributed by atoms with E-state index in [9.17, 15) is 9.59 Å². The zero-order chi connectivity index (χ0) is 20.6. The molecule has 3 rings (SSSR count). The number of ether oxygens (including phenoxy) is 1. The third-order valence-corrected chi connectivity index (χ3v) is 6.13. The van der Waals surface area contributed by atoms with Gasteiger partial charge in [0.25, 0.3) is 5.91 Å². The predicted molar refractivity (Wildman–Crippen MR) is 114 cm³/mol. The lowest BCUT2D eigenvalue weighted by Gasteiger charge is -2.24. The monoisotopic (exact) mass is 440 g/mol. The normalized spacial score (nSPS) is 14.5. The second-order valence-electron chi connectivity index (χ2n) is 7.78. The van der Waals surface area contributed by atoms with Crippen LogP contribution in [0.2, 0.25) is 10.0 Å². The quantitative estimate of drug-likeness (QED) is 0.661. The molecule has 150 valence electrons. The van der Waals surface area contributed by atoms with E-state index in [2.05, 4.69) is 10.2 Å². The number of hydrogen-bond donors (Lipinski definition) is 1. The molecule has 0 radical (unpaired) electrons. The molecule has 0 spiro atoms. The number of halogens is 2. The first kappa shape index (κ1) is 21.1. The molecule has 2 aromatic rings. The maximum atomic E-state index is 12.9. The molecule has 0 saturated carbocycles. The van der Waals surface area contributed by atoms with Crippen molar-refractivity contribution in [2.45, 2.75) is 39.3 Å². The Hall–Kier alpha value is -1.60. The molecule has 1 aromatic carbocycles. The highest BCUT2D eigenvalue weighted by Crippen LogP contribution is 2.38. The Bertz CT molecular complexity index is 934. The lowest BCUT2D eigenvalue weighted by molar-refractivity contribution is 0.00696. The van der Waals surface area contributed by atoms with Crippen molar-refractivity contribution in [1.82, 2.24) is 4.90 Å². The number of carbonyl (C=O) groups excluding carboxylic acids is 2. The van der Waals surface area contributed by atoms with Crippen molar-refractivity contribution in [3.8, 4) is 0 Å². The summed E-state index contributed by atoms with van der Waals surface area (Å²) in [5, 5.41) is 4.05. The van der Waals surface area contributed by atoms with Crippen LogP contribution in [0.3, 0.4) is 0 Å². The highest BCUT2D eigenvalue weighted by molar-refractivity contribution is 7.17. The predicted octanol–water partition coefficient (Wildman–Crippen LogP) is 5.25. The number of fused-ring (bicyclic) bond motifs is 1. The molecular formula is C20H22Cl2N2O3S. The van der Waals surface area contributed by atoms with Gasteiger partial charge in [-0.3, -0.25) is 4.79 Å². The molecule has 5 nitrogen and oxygen atoms in total. The molecule has 1 N–H and O–H groups in total. The van der Waals surface area contributed by atoms with Crippen LogP contribution in [0.25, 0.3) is 0 Å². The summed E-state index contributed by atoms with van der Waals surface area (Å²) in [5.41, 5.74) is 1.16. The Balaban J connectivity index is 1.96. The number of nitrogens with zero attached hydrogens (tertiary/aromatic N) is 1. The molecule has 1 aromatic heterocycles. The number of rotatable bonds is 3. The maximum absolute atomic E-state index is 12.9. The molecule has 0 saturated heterocycles. The van der Waals surface area contributed by atoms with Crippen molar-refractivity contribution < 1.29 is 14.3 Å². The summed E-state index contributed by atoms with van der Waals surface area (Å²) in [7, 11) is 2.03. The second kappa shape index (κ2) is 8.03. The SMILES string of the molecule is CN1CCc2c(sc(NC(=O)c3ccc(Cl)c(Cl)c3)c2C(=O)OC(C)(C)C)C1. The molecule has 1 amide bonds. The zero-order valence-electron chi connectivity index (χ0n) is 16.2. The third kappa shape index (κ3) is 4.69. The first-order chi connectivity index (χ1) is 13.0. The Morgan fingerprint density at radius 3 is 2.57 bits per heavy atom. The van der Waals surface area contributed by atoms with Crippen molar-refractivity contribution in [2.75, 3.05) is 18.9 Å². The van der Waals surface area contributed by atoms with Gasteiger partial charge in [0.2, 0.25) is 0 Å². The van der Waals surface area contributed by atoms with E-state index in [0.717, 1.165) is 30.0 Å². The van der Waals surface area contributed by atoms with Crippen molar-refractivity contribution in [3.63, 3.8) is 0 Å². The number of amides is 1. The Morgan fingerprint density at radius 2 is 1.93 bits per heavy atom. The van der Waals surface area contributed by atoms with E-state index in [-0.39, 0.29) is 5.91 Å². The van der Waals surface area contributed by atoms with Gasteiger partial charge in [-0.25, -0.2) is 4.79 Å². The van der Waals surface area contributed by atoms with Crippen molar-refractivity contribution in [2.24, 2.45) is 0 Å². The highest BCUT2D eigenvalue weighted by Gasteiger charge is 2.31. The lowest BCUT2D eigenvalue weighted by atomic mass is 10.0. The molecule has 0 fully saturated rings. The van der Waals surface area contributed by atoms with E-state index in [1.807, 2.05) is 27.8 Å². The van der Waals surface area contributed by atoms with Gasteiger partial charge < -0.3 is 15.0 Å². The standard InChI is InChI=1S/C20H22Cl2N2O3S/c1-20(2,3)27-19(26)16-12-7-8-24(4)10-15(12)28-18(16)23-17(25)11-5-6-13(21)14(22)9-11/h5-6,9H,7-8,10H2,1-4H3,(H,23,25). The van der Waals surface area contributed by atoms with E-state index in [0.29, 0.717) is 26.2 Å². The van der Waals surface area contributed by atoms with Gasteiger partial charge in [-0.2, -0.15) is 0 Å². The van der Waals surface area contributed by atoms with E-state index in [4.69, 9.17) is 27.9 Å². The molecule has 1 aliphatic rings. The Morgan fingerprint density at radius 1 is 1.21 bits per heavy atom. The molecule has 28 heavy (non-hydrogen) atoms. The van der Waals surface area contributed by atoms with Crippen LogP contribution < -0.4 is 5.32 Å². The number of anilines is 1. The van der Waals surface area contributed by atoms with Crippen LogP contribution in [-0.4, -0.2) is 36.0 Å². The van der Waals surface area contributed by atoms with Gasteiger partial charge in [-0.05, 0) is 58.0 Å². The first-order valence-electron chi connectivity index (χ1n) is 8.88. The topological polar surface area (TPSA) is 58.6 Å². The van der Waals surface area contributed by atoms with Crippen molar-refractivity contribution in [3.05, 3.63) is 49.8 Å². The van der Waals surface area contributed by atoms with Crippen LogP contribution in [0, 0.1) is 0 Å². The number of likely N-dealkylation sites (N-methyl/N-ethyl adjacent to an activating group) is 1. The largest absolute Gasteiger partial charge is 0.456 e. The second-order valence-corrected chi connectivity index (χ2v) is 9.70. The number of esters is 1. The van der Waals surface area contributed by atoms with Crippen LogP contribution >= 0.6 is 34.5 Å². The summed E-state index contributed by atoms with van der Waals surface area (Å²) in [6.45, 7) is 7.06. The summed E-state index contributed by atoms with van der Waals surface area (Å²) in [6, 6.07) is 4.67. The van der Waals surface area contributed by atoms with Crippen molar-refractivity contribution in [1.29, 1.82) is 0 Å². The molecule has 1 aliphatic heterocycles. The fourth-order valence-corrected chi connectivity index (χ4v) is 4.59. The molecule has 0 unspecified atom stereocenters. The number of benzene rings is 1. The first-order valence-corrected chi connectivity index (χ1v) is 10.4. The van der Waals surface area contributed by atoms with Gasteiger partial charge in [0.05, 0.1) is 15.6 Å². The summed E-state index contributed by atoms with van der Waals surface area (Å²) in [5.74, 6) is -0.769. The van der Waals surface area contributed by atoms with Gasteiger partial charge >= 0.3 is 5.97 Å². The fourth-order valence-electron chi connectivity index (χ4n) is 2.98. The fraction of sp³-hybridized carbons (Fsp3) is 0.400. The molecule has 0 bridgehead atoms. The van der Waals surface area contributed by atoms with E-state index in [1.165, 1.54) is 17.4 Å². The smallest absolute Gasteiger partial charge is 0.341 e. The minimum absolute atomic E-state index is 0.300. The van der Waals surface area contributed by atoms with Gasteiger partial charge in [-0.1, -0.05) is 23.2 Å². The molecule has 2 heterocycles. The average Bonchev–Trinajstić information content (AvgIpc) is 2.92. The van der Waals surface area contributed by atoms with Crippen LogP contribution in [-0.2, 0) is 17.7 Å². The minimum atomic E-state index is -0.623. The molecular weight excluding hydrogens is 419 g/mol. The Kier molecular flexibility index (Phi) is 6.05. The summed E-state index contributed by atoms with van der Waals surface area (Å²) < 4.78 is 5.60. The van der Waals surface area contributed by atoms with E-state index < -0.39 is 11.6 Å². The summed E-state index contributed by atoms with van der Waals surface area (Å²) in [6.07, 6.45) is 0.736. The number of hydrogen-bond acceptors (Lipinski definition) is 5. The number of nitrogens with one attached hydrogen (secondary N) is 1. The molecule has 0 atom stereocenters. The van der Waals surface area contributed by atoms with Crippen LogP contribution in [0.5, 0.6) is 0 Å². The highest BCUT2D eigenvalue weighted by atomic mass is 35.5. The van der Waals surface area contributed by atoms with Gasteiger partial charge in [-0.15, -0.1) is 11.3 Å². The van der Waals surface area contributed by atoms with Crippen LogP contribution in [0.1, 0.15) is 51.9 Å². The van der Waals surface area contributed by atoms with Gasteiger partial charge in [0, 0.05) is 23.5 Å². The zero-order valence-corrected chi connectivity index (χ0v) is 18.5. The summed E-state index contributed by atoms with van der Waals surface area (Å²) in [4.78, 5) is 28.9. The van der Waals surface area contributed by atoms with E-state index >= 15 is 0 Å². The van der Waals surface area contributed by atoms with Crippen LogP contribution in [0.15, 0.2) is 18.2 Å². The number of carbonyl (C=O) groups is 2. The summed E-state index contributed by atoms with van der Waals surface area (Å²) >= 11 is 13.4. The van der Waals surface area contributed by atoms with Crippen LogP contribution in [0.4, 0.5) is 5.00 Å². The average molecular weight is 441 g/mol. The Labute approximate surface area is 178 Å². The lowest BCUT2D eigenvalue weighted by Crippen LogP contribution is -2.28. The maximum Gasteiger partial charge on any atom is 0.341 e. The van der Waals surface area contributed by atoms with Gasteiger partial charge in [0.15, 0.2) is 0 Å². The van der Waals surface area contributed by atoms with Crippen molar-refractivity contribution >= 4 is 51.4 Å². The number of thiophene rings is 1. The molecule has 0 aliphatic carbocycles.